The van der Waals surface area contributed by atoms with Gasteiger partial charge < -0.3 is 15.2 Å². The minimum atomic E-state index is -0.709. The number of ether oxygens (including phenoxy) is 1. The van der Waals surface area contributed by atoms with Gasteiger partial charge in [0.1, 0.15) is 5.75 Å². The Morgan fingerprint density at radius 2 is 2.24 bits per heavy atom. The average molecular weight is 235 g/mol. The number of hydrogen-bond acceptors (Lipinski definition) is 3. The molecule has 0 aliphatic heterocycles. The molecule has 0 saturated heterocycles. The number of carboxylic acids is 1. The molecule has 1 aliphatic carbocycles. The summed E-state index contributed by atoms with van der Waals surface area (Å²) >= 11 is 0. The van der Waals surface area contributed by atoms with E-state index in [1.54, 1.807) is 7.11 Å². The average Bonchev–Trinajstić information content (AvgIpc) is 2.24. The van der Waals surface area contributed by atoms with Crippen molar-refractivity contribution in [3.05, 3.63) is 23.8 Å². The molecule has 92 valence electrons. The summed E-state index contributed by atoms with van der Waals surface area (Å²) < 4.78 is 5.18. The Hall–Kier alpha value is -1.71. The first-order chi connectivity index (χ1) is 8.11. The van der Waals surface area contributed by atoms with Gasteiger partial charge in [0.15, 0.2) is 0 Å². The molecule has 0 heterocycles. The number of anilines is 1. The quantitative estimate of drug-likeness (QED) is 0.840. The number of methoxy groups -OCH3 is 1. The summed E-state index contributed by atoms with van der Waals surface area (Å²) in [6, 6.07) is 5.85. The van der Waals surface area contributed by atoms with Crippen molar-refractivity contribution in [3.63, 3.8) is 0 Å². The summed E-state index contributed by atoms with van der Waals surface area (Å²) in [7, 11) is 1.64. The molecule has 2 rings (SSSR count). The molecule has 1 saturated carbocycles. The number of aliphatic carboxylic acids is 1. The third-order valence-corrected chi connectivity index (χ3v) is 3.34. The molecule has 0 aromatic heterocycles. The lowest BCUT2D eigenvalue weighted by atomic mass is 9.79. The van der Waals surface area contributed by atoms with Crippen LogP contribution < -0.4 is 10.1 Å². The highest BCUT2D eigenvalue weighted by Gasteiger charge is 2.36. The summed E-state index contributed by atoms with van der Waals surface area (Å²) in [4.78, 5) is 10.9. The first-order valence-electron chi connectivity index (χ1n) is 5.76. The van der Waals surface area contributed by atoms with Crippen LogP contribution in [0.25, 0.3) is 0 Å². The van der Waals surface area contributed by atoms with E-state index in [0.717, 1.165) is 29.8 Å². The van der Waals surface area contributed by atoms with Crippen molar-refractivity contribution < 1.29 is 14.6 Å². The van der Waals surface area contributed by atoms with E-state index in [1.165, 1.54) is 0 Å². The van der Waals surface area contributed by atoms with Gasteiger partial charge in [0.25, 0.3) is 0 Å². The fourth-order valence-corrected chi connectivity index (χ4v) is 2.15. The van der Waals surface area contributed by atoms with Crippen LogP contribution in [0.15, 0.2) is 18.2 Å². The Morgan fingerprint density at radius 1 is 1.47 bits per heavy atom. The van der Waals surface area contributed by atoms with Crippen LogP contribution in [-0.2, 0) is 4.79 Å². The minimum Gasteiger partial charge on any atom is -0.496 e. The molecule has 1 fully saturated rings. The van der Waals surface area contributed by atoms with Crippen molar-refractivity contribution in [1.29, 1.82) is 0 Å². The Bertz CT molecular complexity index is 431. The highest BCUT2D eigenvalue weighted by atomic mass is 16.5. The molecular weight excluding hydrogens is 218 g/mol. The maximum absolute atomic E-state index is 10.9. The van der Waals surface area contributed by atoms with E-state index < -0.39 is 5.97 Å². The summed E-state index contributed by atoms with van der Waals surface area (Å²) in [6.45, 7) is 1.97. The van der Waals surface area contributed by atoms with E-state index in [9.17, 15) is 4.79 Å². The fraction of sp³-hybridized carbons (Fsp3) is 0.462. The molecule has 4 heteroatoms. The minimum absolute atomic E-state index is 0.0558. The van der Waals surface area contributed by atoms with Gasteiger partial charge in [-0.2, -0.15) is 0 Å². The van der Waals surface area contributed by atoms with Gasteiger partial charge in [-0.25, -0.2) is 0 Å². The first kappa shape index (κ1) is 11.8. The number of nitrogens with one attached hydrogen (secondary N) is 1. The van der Waals surface area contributed by atoms with E-state index in [0.29, 0.717) is 0 Å². The zero-order valence-corrected chi connectivity index (χ0v) is 10.1. The van der Waals surface area contributed by atoms with Crippen LogP contribution in [0.2, 0.25) is 0 Å². The molecule has 17 heavy (non-hydrogen) atoms. The Labute approximate surface area is 101 Å². The second-order valence-electron chi connectivity index (χ2n) is 4.46. The predicted octanol–water partition coefficient (Wildman–Crippen LogP) is 2.28. The lowest BCUT2D eigenvalue weighted by Gasteiger charge is -2.34. The Balaban J connectivity index is 2.04. The van der Waals surface area contributed by atoms with Gasteiger partial charge in [0, 0.05) is 11.7 Å². The fourth-order valence-electron chi connectivity index (χ4n) is 2.15. The van der Waals surface area contributed by atoms with Crippen LogP contribution in [0.1, 0.15) is 18.4 Å². The predicted molar refractivity (Wildman–Crippen MR) is 65.5 cm³/mol. The maximum atomic E-state index is 10.9. The molecular formula is C13H17NO3. The summed E-state index contributed by atoms with van der Waals surface area (Å²) in [5, 5.41) is 12.2. The number of carboxylic acid groups (broad SMARTS) is 1. The van der Waals surface area contributed by atoms with Crippen molar-refractivity contribution >= 4 is 11.7 Å². The molecule has 1 aromatic rings. The molecule has 0 radical (unpaired) electrons. The molecule has 1 aromatic carbocycles. The smallest absolute Gasteiger partial charge is 0.308 e. The van der Waals surface area contributed by atoms with Gasteiger partial charge in [0.2, 0.25) is 0 Å². The standard InChI is InChI=1S/C13H17NO3/c1-8-7-9(3-6-12(8)17-2)14-11-5-4-10(11)13(15)16/h3,6-7,10-11,14H,4-5H2,1-2H3,(H,15,16). The molecule has 0 spiro atoms. The molecule has 2 atom stereocenters. The molecule has 4 nitrogen and oxygen atoms in total. The van der Waals surface area contributed by atoms with Crippen molar-refractivity contribution in [3.8, 4) is 5.75 Å². The van der Waals surface area contributed by atoms with Crippen LogP contribution >= 0.6 is 0 Å². The van der Waals surface area contributed by atoms with Gasteiger partial charge in [0.05, 0.1) is 13.0 Å². The van der Waals surface area contributed by atoms with Gasteiger partial charge in [-0.15, -0.1) is 0 Å². The highest BCUT2D eigenvalue weighted by molar-refractivity contribution is 5.73. The van der Waals surface area contributed by atoms with Crippen LogP contribution in [-0.4, -0.2) is 24.2 Å². The number of hydrogen-bond donors (Lipinski definition) is 2. The van der Waals surface area contributed by atoms with Gasteiger partial charge in [-0.3, -0.25) is 4.79 Å². The van der Waals surface area contributed by atoms with Gasteiger partial charge >= 0.3 is 5.97 Å². The van der Waals surface area contributed by atoms with E-state index in [4.69, 9.17) is 9.84 Å². The van der Waals surface area contributed by atoms with Crippen molar-refractivity contribution in [1.82, 2.24) is 0 Å². The molecule has 2 unspecified atom stereocenters. The third kappa shape index (κ3) is 2.35. The zero-order valence-electron chi connectivity index (χ0n) is 10.1. The summed E-state index contributed by atoms with van der Waals surface area (Å²) in [6.07, 6.45) is 1.68. The number of rotatable bonds is 4. The highest BCUT2D eigenvalue weighted by Crippen LogP contribution is 2.31. The summed E-state index contributed by atoms with van der Waals surface area (Å²) in [5.41, 5.74) is 2.00. The number of benzene rings is 1. The van der Waals surface area contributed by atoms with Gasteiger partial charge in [-0.1, -0.05) is 0 Å². The maximum Gasteiger partial charge on any atom is 0.308 e. The van der Waals surface area contributed by atoms with Crippen molar-refractivity contribution in [2.24, 2.45) is 5.92 Å². The van der Waals surface area contributed by atoms with Crippen LogP contribution in [0.4, 0.5) is 5.69 Å². The van der Waals surface area contributed by atoms with E-state index >= 15 is 0 Å². The largest absolute Gasteiger partial charge is 0.496 e. The van der Waals surface area contributed by atoms with Crippen LogP contribution in [0.5, 0.6) is 5.75 Å². The van der Waals surface area contributed by atoms with Gasteiger partial charge in [-0.05, 0) is 43.5 Å². The molecule has 0 bridgehead atoms. The Morgan fingerprint density at radius 3 is 2.71 bits per heavy atom. The first-order valence-corrected chi connectivity index (χ1v) is 5.76. The van der Waals surface area contributed by atoms with E-state index in [2.05, 4.69) is 5.32 Å². The molecule has 0 amide bonds. The van der Waals surface area contributed by atoms with Crippen molar-refractivity contribution in [2.75, 3.05) is 12.4 Å². The summed E-state index contributed by atoms with van der Waals surface area (Å²) in [5.74, 6) is -0.115. The zero-order chi connectivity index (χ0) is 12.4. The van der Waals surface area contributed by atoms with E-state index in [1.807, 2.05) is 25.1 Å². The Kier molecular flexibility index (Phi) is 3.22. The van der Waals surface area contributed by atoms with Crippen LogP contribution in [0, 0.1) is 12.8 Å². The number of aryl methyl sites for hydroxylation is 1. The SMILES string of the molecule is COc1ccc(NC2CCC2C(=O)O)cc1C. The lowest BCUT2D eigenvalue weighted by molar-refractivity contribution is -0.144. The molecule has 1 aliphatic rings. The third-order valence-electron chi connectivity index (χ3n) is 3.34. The second kappa shape index (κ2) is 4.65. The molecule has 2 N–H and O–H groups in total. The normalized spacial score (nSPS) is 22.7. The van der Waals surface area contributed by atoms with Crippen molar-refractivity contribution in [2.45, 2.75) is 25.8 Å². The van der Waals surface area contributed by atoms with E-state index in [-0.39, 0.29) is 12.0 Å². The topological polar surface area (TPSA) is 58.6 Å². The van der Waals surface area contributed by atoms with Crippen LogP contribution in [0.3, 0.4) is 0 Å². The lowest BCUT2D eigenvalue weighted by Crippen LogP contribution is -2.42. The second-order valence-corrected chi connectivity index (χ2v) is 4.46. The number of carbonyl (C=O) groups is 1. The monoisotopic (exact) mass is 235 g/mol.